The molecule has 1 heterocycles. The summed E-state index contributed by atoms with van der Waals surface area (Å²) in [7, 11) is -2.00. The van der Waals surface area contributed by atoms with Crippen LogP contribution in [0.2, 0.25) is 0 Å². The first kappa shape index (κ1) is 17.9. The zero-order valence-electron chi connectivity index (χ0n) is 14.3. The highest BCUT2D eigenvalue weighted by Crippen LogP contribution is 2.36. The second-order valence-corrected chi connectivity index (χ2v) is 8.44. The number of hydrogen-bond acceptors (Lipinski definition) is 3. The maximum atomic E-state index is 12.9. The normalized spacial score (nSPS) is 20.6. The largest absolute Gasteiger partial charge is 0.282 e. The van der Waals surface area contributed by atoms with Crippen LogP contribution in [-0.2, 0) is 10.2 Å². The van der Waals surface area contributed by atoms with Gasteiger partial charge in [-0.1, -0.05) is 23.8 Å². The number of benzene rings is 1. The van der Waals surface area contributed by atoms with Crippen molar-refractivity contribution in [3.63, 3.8) is 0 Å². The molecule has 2 rings (SSSR count). The molecule has 1 aromatic carbocycles. The zero-order valence-corrected chi connectivity index (χ0v) is 15.1. The molecule has 2 atom stereocenters. The molecule has 0 amide bonds. The molecule has 0 saturated carbocycles. The Morgan fingerprint density at radius 2 is 2.13 bits per heavy atom. The second kappa shape index (κ2) is 7.00. The molecule has 1 aliphatic heterocycles. The van der Waals surface area contributed by atoms with Crippen molar-refractivity contribution in [1.29, 1.82) is 5.26 Å². The first-order valence-corrected chi connectivity index (χ1v) is 9.37. The van der Waals surface area contributed by atoms with Gasteiger partial charge in [0, 0.05) is 20.1 Å². The van der Waals surface area contributed by atoms with Gasteiger partial charge in [0.05, 0.1) is 18.0 Å². The summed E-state index contributed by atoms with van der Waals surface area (Å²) in [5, 5.41) is 8.93. The van der Waals surface area contributed by atoms with Crippen LogP contribution in [-0.4, -0.2) is 37.2 Å². The fraction of sp³-hybridized carbons (Fsp3) is 0.588. The van der Waals surface area contributed by atoms with E-state index in [-0.39, 0.29) is 18.5 Å². The van der Waals surface area contributed by atoms with Crippen molar-refractivity contribution in [2.75, 3.05) is 20.1 Å². The van der Waals surface area contributed by atoms with Gasteiger partial charge in [0.1, 0.15) is 0 Å². The SMILES string of the molecule is Cc1ccc(C)c([C@@H]2CCCN2S(=O)(=O)N(C)C[C@@H](C)C#N)c1. The Morgan fingerprint density at radius 3 is 2.78 bits per heavy atom. The Labute approximate surface area is 139 Å². The lowest BCUT2D eigenvalue weighted by Crippen LogP contribution is -2.43. The van der Waals surface area contributed by atoms with E-state index in [0.29, 0.717) is 6.54 Å². The fourth-order valence-electron chi connectivity index (χ4n) is 3.15. The number of rotatable bonds is 5. The molecule has 5 nitrogen and oxygen atoms in total. The summed E-state index contributed by atoms with van der Waals surface area (Å²) in [5.41, 5.74) is 3.35. The van der Waals surface area contributed by atoms with Crippen LogP contribution in [0.1, 0.15) is 42.5 Å². The van der Waals surface area contributed by atoms with Crippen LogP contribution in [0.15, 0.2) is 18.2 Å². The van der Waals surface area contributed by atoms with Crippen molar-refractivity contribution in [2.24, 2.45) is 5.92 Å². The van der Waals surface area contributed by atoms with E-state index in [1.54, 1.807) is 18.3 Å². The van der Waals surface area contributed by atoms with Gasteiger partial charge in [-0.3, -0.25) is 0 Å². The van der Waals surface area contributed by atoms with Crippen LogP contribution in [0.3, 0.4) is 0 Å². The van der Waals surface area contributed by atoms with Gasteiger partial charge in [-0.05, 0) is 44.7 Å². The third-order valence-corrected chi connectivity index (χ3v) is 6.41. The quantitative estimate of drug-likeness (QED) is 0.831. The van der Waals surface area contributed by atoms with Gasteiger partial charge in [0.15, 0.2) is 0 Å². The Morgan fingerprint density at radius 1 is 1.43 bits per heavy atom. The molecule has 0 N–H and O–H groups in total. The molecule has 0 spiro atoms. The van der Waals surface area contributed by atoms with Crippen molar-refractivity contribution in [3.8, 4) is 6.07 Å². The van der Waals surface area contributed by atoms with E-state index in [0.717, 1.165) is 29.5 Å². The molecule has 23 heavy (non-hydrogen) atoms. The van der Waals surface area contributed by atoms with Crippen LogP contribution < -0.4 is 0 Å². The minimum absolute atomic E-state index is 0.111. The fourth-order valence-corrected chi connectivity index (χ4v) is 4.82. The van der Waals surface area contributed by atoms with E-state index < -0.39 is 10.2 Å². The highest BCUT2D eigenvalue weighted by molar-refractivity contribution is 7.86. The summed E-state index contributed by atoms with van der Waals surface area (Å²) >= 11 is 0. The van der Waals surface area contributed by atoms with Crippen LogP contribution >= 0.6 is 0 Å². The summed E-state index contributed by atoms with van der Waals surface area (Å²) in [6.45, 7) is 6.54. The highest BCUT2D eigenvalue weighted by Gasteiger charge is 2.38. The monoisotopic (exact) mass is 335 g/mol. The molecule has 0 aliphatic carbocycles. The Kier molecular flexibility index (Phi) is 5.45. The van der Waals surface area contributed by atoms with Crippen LogP contribution in [0.4, 0.5) is 0 Å². The summed E-state index contributed by atoms with van der Waals surface area (Å²) in [4.78, 5) is 0. The first-order valence-electron chi connectivity index (χ1n) is 7.97. The van der Waals surface area contributed by atoms with Crippen LogP contribution in [0.25, 0.3) is 0 Å². The molecule has 1 fully saturated rings. The van der Waals surface area contributed by atoms with Crippen LogP contribution in [0.5, 0.6) is 0 Å². The molecule has 126 valence electrons. The van der Waals surface area contributed by atoms with E-state index in [9.17, 15) is 8.42 Å². The predicted octanol–water partition coefficient (Wildman–Crippen LogP) is 2.78. The van der Waals surface area contributed by atoms with Crippen molar-refractivity contribution >= 4 is 10.2 Å². The van der Waals surface area contributed by atoms with E-state index in [4.69, 9.17) is 5.26 Å². The number of nitriles is 1. The van der Waals surface area contributed by atoms with Crippen molar-refractivity contribution in [3.05, 3.63) is 34.9 Å². The number of aryl methyl sites for hydroxylation is 2. The Bertz CT molecular complexity index is 709. The lowest BCUT2D eigenvalue weighted by molar-refractivity contribution is 0.339. The first-order chi connectivity index (χ1) is 10.8. The maximum absolute atomic E-state index is 12.9. The van der Waals surface area contributed by atoms with Crippen molar-refractivity contribution in [2.45, 2.75) is 39.7 Å². The minimum atomic E-state index is -3.56. The standard InChI is InChI=1S/C17H25N3O2S/c1-13-7-8-15(3)16(10-13)17-6-5-9-20(17)23(21,22)19(4)12-14(2)11-18/h7-8,10,14,17H,5-6,9,12H2,1-4H3/t14-,17-/m0/s1. The molecular formula is C17H25N3O2S. The van der Waals surface area contributed by atoms with Gasteiger partial charge in [0.2, 0.25) is 0 Å². The third-order valence-electron chi connectivity index (χ3n) is 4.44. The molecule has 1 aromatic rings. The molecule has 0 aromatic heterocycles. The smallest absolute Gasteiger partial charge is 0.198 e. The predicted molar refractivity (Wildman–Crippen MR) is 90.9 cm³/mol. The molecule has 6 heteroatoms. The van der Waals surface area contributed by atoms with Gasteiger partial charge >= 0.3 is 0 Å². The number of hydrogen-bond donors (Lipinski definition) is 0. The molecule has 1 aliphatic rings. The molecule has 0 bridgehead atoms. The topological polar surface area (TPSA) is 64.4 Å². The minimum Gasteiger partial charge on any atom is -0.198 e. The van der Waals surface area contributed by atoms with E-state index >= 15 is 0 Å². The molecule has 1 saturated heterocycles. The van der Waals surface area contributed by atoms with Gasteiger partial charge in [0.25, 0.3) is 10.2 Å². The Balaban J connectivity index is 2.31. The molecular weight excluding hydrogens is 310 g/mol. The number of nitrogens with zero attached hydrogens (tertiary/aromatic N) is 3. The lowest BCUT2D eigenvalue weighted by atomic mass is 9.98. The summed E-state index contributed by atoms with van der Waals surface area (Å²) < 4.78 is 28.7. The van der Waals surface area contributed by atoms with Crippen LogP contribution in [0, 0.1) is 31.1 Å². The maximum Gasteiger partial charge on any atom is 0.282 e. The second-order valence-electron chi connectivity index (χ2n) is 6.45. The van der Waals surface area contributed by atoms with Crippen molar-refractivity contribution in [1.82, 2.24) is 8.61 Å². The average molecular weight is 335 g/mol. The zero-order chi connectivity index (χ0) is 17.2. The van der Waals surface area contributed by atoms with E-state index in [2.05, 4.69) is 18.2 Å². The summed E-state index contributed by atoms with van der Waals surface area (Å²) in [6, 6.07) is 8.17. The molecule has 0 unspecified atom stereocenters. The lowest BCUT2D eigenvalue weighted by Gasteiger charge is -2.30. The molecule has 0 radical (unpaired) electrons. The van der Waals surface area contributed by atoms with E-state index in [1.165, 1.54) is 4.31 Å². The van der Waals surface area contributed by atoms with Gasteiger partial charge in [-0.2, -0.15) is 22.3 Å². The highest BCUT2D eigenvalue weighted by atomic mass is 32.2. The third kappa shape index (κ3) is 3.74. The van der Waals surface area contributed by atoms with E-state index in [1.807, 2.05) is 19.9 Å². The summed E-state index contributed by atoms with van der Waals surface area (Å²) in [6.07, 6.45) is 1.70. The van der Waals surface area contributed by atoms with Gasteiger partial charge in [-0.25, -0.2) is 0 Å². The van der Waals surface area contributed by atoms with Crippen molar-refractivity contribution < 1.29 is 8.42 Å². The average Bonchev–Trinajstić information content (AvgIpc) is 2.99. The van der Waals surface area contributed by atoms with Gasteiger partial charge < -0.3 is 0 Å². The summed E-state index contributed by atoms with van der Waals surface area (Å²) in [5.74, 6) is -0.323. The Hall–Kier alpha value is -1.42. The van der Waals surface area contributed by atoms with Gasteiger partial charge in [-0.15, -0.1) is 0 Å².